The molecule has 2 N–H and O–H groups in total. The van der Waals surface area contributed by atoms with E-state index in [1.807, 2.05) is 10.8 Å². The predicted octanol–water partition coefficient (Wildman–Crippen LogP) is 0.971. The Labute approximate surface area is 87.6 Å². The summed E-state index contributed by atoms with van der Waals surface area (Å²) in [6.45, 7) is 1.22. The molecule has 0 saturated carbocycles. The van der Waals surface area contributed by atoms with E-state index in [2.05, 4.69) is 22.9 Å². The van der Waals surface area contributed by atoms with Crippen LogP contribution in [0, 0.1) is 0 Å². The molecule has 1 amide bonds. The molecule has 78 valence electrons. The molecule has 0 spiro atoms. The predicted molar refractivity (Wildman–Crippen MR) is 55.6 cm³/mol. The third-order valence-corrected chi connectivity index (χ3v) is 2.08. The highest BCUT2D eigenvalue weighted by Gasteiger charge is 2.00. The smallest absolute Gasteiger partial charge is 0.404 e. The van der Waals surface area contributed by atoms with Crippen molar-refractivity contribution in [3.63, 3.8) is 0 Å². The molecule has 0 aliphatic heterocycles. The lowest BCUT2D eigenvalue weighted by molar-refractivity contribution is 0.194. The second kappa shape index (κ2) is 5.54. The molecule has 1 heterocycles. The van der Waals surface area contributed by atoms with E-state index in [9.17, 15) is 4.79 Å². The van der Waals surface area contributed by atoms with Gasteiger partial charge in [0, 0.05) is 31.2 Å². The first kappa shape index (κ1) is 10.9. The van der Waals surface area contributed by atoms with E-state index in [1.165, 1.54) is 0 Å². The lowest BCUT2D eigenvalue weighted by atomic mass is 10.4. The number of rotatable bonds is 5. The van der Waals surface area contributed by atoms with Crippen LogP contribution in [-0.4, -0.2) is 27.3 Å². The minimum Gasteiger partial charge on any atom is -0.465 e. The molecule has 0 atom stereocenters. The van der Waals surface area contributed by atoms with Gasteiger partial charge in [-0.25, -0.2) is 9.78 Å². The summed E-state index contributed by atoms with van der Waals surface area (Å²) in [5, 5.41) is 10.6. The first-order valence-corrected chi connectivity index (χ1v) is 4.95. The van der Waals surface area contributed by atoms with Gasteiger partial charge in [-0.1, -0.05) is 0 Å². The molecule has 6 heteroatoms. The first-order chi connectivity index (χ1) is 6.74. The summed E-state index contributed by atoms with van der Waals surface area (Å²) in [6, 6.07) is 0. The zero-order chi connectivity index (χ0) is 10.4. The number of nitrogens with one attached hydrogen (secondary N) is 1. The van der Waals surface area contributed by atoms with Gasteiger partial charge in [0.05, 0.1) is 0 Å². The van der Waals surface area contributed by atoms with Crippen molar-refractivity contribution < 1.29 is 9.90 Å². The number of nitrogens with zero attached hydrogens (tertiary/aromatic N) is 2. The number of amides is 1. The van der Waals surface area contributed by atoms with Crippen molar-refractivity contribution >= 4 is 18.7 Å². The molecule has 0 radical (unpaired) electrons. The highest BCUT2D eigenvalue weighted by molar-refractivity contribution is 7.79. The minimum atomic E-state index is -0.981. The van der Waals surface area contributed by atoms with Gasteiger partial charge in [0.15, 0.2) is 0 Å². The monoisotopic (exact) mass is 215 g/mol. The fraction of sp³-hybridized carbons (Fsp3) is 0.500. The minimum absolute atomic E-state index is 0.458. The first-order valence-electron chi connectivity index (χ1n) is 4.31. The average Bonchev–Trinajstić information content (AvgIpc) is 2.59. The van der Waals surface area contributed by atoms with E-state index in [0.29, 0.717) is 12.3 Å². The lowest BCUT2D eigenvalue weighted by Gasteiger charge is -2.05. The number of carbonyl (C=O) groups is 1. The molecule has 1 aromatic rings. The van der Waals surface area contributed by atoms with Gasteiger partial charge < -0.3 is 15.0 Å². The van der Waals surface area contributed by atoms with Crippen molar-refractivity contribution in [1.29, 1.82) is 0 Å². The number of hydrogen-bond acceptors (Lipinski definition) is 3. The van der Waals surface area contributed by atoms with Crippen molar-refractivity contribution in [2.75, 3.05) is 6.54 Å². The van der Waals surface area contributed by atoms with E-state index in [4.69, 9.17) is 5.11 Å². The van der Waals surface area contributed by atoms with Crippen LogP contribution in [-0.2, 0) is 12.3 Å². The van der Waals surface area contributed by atoms with Gasteiger partial charge in [0.25, 0.3) is 0 Å². The Bertz CT molecular complexity index is 301. The topological polar surface area (TPSA) is 67.2 Å². The molecule has 0 aromatic carbocycles. The van der Waals surface area contributed by atoms with Crippen molar-refractivity contribution in [2.45, 2.75) is 18.7 Å². The van der Waals surface area contributed by atoms with Crippen LogP contribution in [0.3, 0.4) is 0 Å². The summed E-state index contributed by atoms with van der Waals surface area (Å²) in [5.74, 6) is 1.50. The zero-order valence-electron chi connectivity index (χ0n) is 7.68. The summed E-state index contributed by atoms with van der Waals surface area (Å²) < 4.78 is 1.97. The van der Waals surface area contributed by atoms with E-state index in [1.54, 1.807) is 6.20 Å². The number of carboxylic acid groups (broad SMARTS) is 1. The van der Waals surface area contributed by atoms with Gasteiger partial charge in [-0.15, -0.1) is 0 Å². The Morgan fingerprint density at radius 1 is 1.71 bits per heavy atom. The van der Waals surface area contributed by atoms with Crippen LogP contribution in [0.1, 0.15) is 12.2 Å². The molecule has 1 aromatic heterocycles. The van der Waals surface area contributed by atoms with Crippen LogP contribution in [0.5, 0.6) is 0 Å². The molecule has 1 rings (SSSR count). The molecule has 0 unspecified atom stereocenters. The van der Waals surface area contributed by atoms with E-state index in [-0.39, 0.29) is 0 Å². The molecule has 0 fully saturated rings. The van der Waals surface area contributed by atoms with Crippen LogP contribution >= 0.6 is 12.6 Å². The largest absolute Gasteiger partial charge is 0.465 e. The van der Waals surface area contributed by atoms with Gasteiger partial charge >= 0.3 is 6.09 Å². The summed E-state index contributed by atoms with van der Waals surface area (Å²) >= 11 is 4.13. The Balaban J connectivity index is 2.27. The molecule has 0 saturated heterocycles. The second-order valence-corrected chi connectivity index (χ2v) is 3.10. The van der Waals surface area contributed by atoms with Crippen molar-refractivity contribution in [2.24, 2.45) is 0 Å². The summed E-state index contributed by atoms with van der Waals surface area (Å²) in [5.41, 5.74) is 0. The summed E-state index contributed by atoms with van der Waals surface area (Å²) in [4.78, 5) is 14.2. The normalized spacial score (nSPS) is 10.1. The molecular weight excluding hydrogens is 202 g/mol. The van der Waals surface area contributed by atoms with Crippen molar-refractivity contribution in [1.82, 2.24) is 14.9 Å². The van der Waals surface area contributed by atoms with E-state index >= 15 is 0 Å². The van der Waals surface area contributed by atoms with Gasteiger partial charge in [0.1, 0.15) is 5.82 Å². The molecule has 0 bridgehead atoms. The number of imidazole rings is 1. The quantitative estimate of drug-likeness (QED) is 0.506. The fourth-order valence-corrected chi connectivity index (χ4v) is 1.40. The Morgan fingerprint density at radius 2 is 2.50 bits per heavy atom. The zero-order valence-corrected chi connectivity index (χ0v) is 8.57. The summed E-state index contributed by atoms with van der Waals surface area (Å²) in [7, 11) is 0. The highest BCUT2D eigenvalue weighted by atomic mass is 32.1. The van der Waals surface area contributed by atoms with Crippen LogP contribution in [0.15, 0.2) is 12.4 Å². The maximum Gasteiger partial charge on any atom is 0.404 e. The second-order valence-electron chi connectivity index (χ2n) is 2.78. The maximum atomic E-state index is 10.1. The SMILES string of the molecule is O=C(O)NCCCn1ccnc1CS. The van der Waals surface area contributed by atoms with Crippen LogP contribution < -0.4 is 5.32 Å². The van der Waals surface area contributed by atoms with Crippen LogP contribution in [0.25, 0.3) is 0 Å². The molecular formula is C8H13N3O2S. The van der Waals surface area contributed by atoms with Gasteiger partial charge in [0.2, 0.25) is 0 Å². The Kier molecular flexibility index (Phi) is 4.31. The van der Waals surface area contributed by atoms with Gasteiger partial charge in [-0.05, 0) is 6.42 Å². The number of aryl methyl sites for hydroxylation is 1. The Hall–Kier alpha value is -1.17. The molecule has 0 aliphatic rings. The van der Waals surface area contributed by atoms with E-state index < -0.39 is 6.09 Å². The van der Waals surface area contributed by atoms with E-state index in [0.717, 1.165) is 18.8 Å². The maximum absolute atomic E-state index is 10.1. The van der Waals surface area contributed by atoms with Gasteiger partial charge in [-0.2, -0.15) is 12.6 Å². The third-order valence-electron chi connectivity index (χ3n) is 1.80. The van der Waals surface area contributed by atoms with Crippen LogP contribution in [0.4, 0.5) is 4.79 Å². The molecule has 5 nitrogen and oxygen atoms in total. The summed E-state index contributed by atoms with van der Waals surface area (Å²) in [6.07, 6.45) is 3.36. The number of aromatic nitrogens is 2. The standard InChI is InChI=1S/C8H13N3O2S/c12-8(13)10-2-1-4-11-5-3-9-7(11)6-14/h3,5,10,14H,1-2,4,6H2,(H,12,13). The number of thiol groups is 1. The fourth-order valence-electron chi connectivity index (χ4n) is 1.14. The molecule has 0 aliphatic carbocycles. The highest BCUT2D eigenvalue weighted by Crippen LogP contribution is 2.01. The molecule has 14 heavy (non-hydrogen) atoms. The van der Waals surface area contributed by atoms with Crippen molar-refractivity contribution in [3.8, 4) is 0 Å². The lowest BCUT2D eigenvalue weighted by Crippen LogP contribution is -2.22. The number of hydrogen-bond donors (Lipinski definition) is 3. The van der Waals surface area contributed by atoms with Crippen LogP contribution in [0.2, 0.25) is 0 Å². The average molecular weight is 215 g/mol. The third kappa shape index (κ3) is 3.29. The van der Waals surface area contributed by atoms with Gasteiger partial charge in [-0.3, -0.25) is 0 Å². The van der Waals surface area contributed by atoms with Crippen molar-refractivity contribution in [3.05, 3.63) is 18.2 Å². The Morgan fingerprint density at radius 3 is 3.14 bits per heavy atom.